The Morgan fingerprint density at radius 2 is 1.97 bits per heavy atom. The van der Waals surface area contributed by atoms with E-state index in [0.29, 0.717) is 30.1 Å². The van der Waals surface area contributed by atoms with Crippen LogP contribution in [-0.4, -0.2) is 42.8 Å². The summed E-state index contributed by atoms with van der Waals surface area (Å²) >= 11 is 4.70. The van der Waals surface area contributed by atoms with Crippen molar-refractivity contribution in [3.63, 3.8) is 0 Å². The predicted molar refractivity (Wildman–Crippen MR) is 121 cm³/mol. The zero-order valence-electron chi connectivity index (χ0n) is 17.1. The summed E-state index contributed by atoms with van der Waals surface area (Å²) in [5.74, 6) is -1.36. The van der Waals surface area contributed by atoms with Crippen LogP contribution < -0.4 is 0 Å². The van der Waals surface area contributed by atoms with E-state index in [2.05, 4.69) is 25.9 Å². The third-order valence-corrected chi connectivity index (χ3v) is 6.82. The maximum Gasteiger partial charge on any atom is 0.290 e. The van der Waals surface area contributed by atoms with Gasteiger partial charge in [0, 0.05) is 30.0 Å². The maximum absolute atomic E-state index is 13.4. The zero-order chi connectivity index (χ0) is 22.1. The van der Waals surface area contributed by atoms with Gasteiger partial charge in [-0.15, -0.1) is 11.3 Å². The molecule has 0 fully saturated rings. The Morgan fingerprint density at radius 1 is 1.23 bits per heavy atom. The molecule has 31 heavy (non-hydrogen) atoms. The van der Waals surface area contributed by atoms with E-state index in [4.69, 9.17) is 0 Å². The number of hydrogen-bond acceptors (Lipinski definition) is 6. The highest BCUT2D eigenvalue weighted by atomic mass is 79.9. The van der Waals surface area contributed by atoms with Crippen molar-refractivity contribution in [2.24, 2.45) is 0 Å². The van der Waals surface area contributed by atoms with E-state index in [1.807, 2.05) is 42.0 Å². The summed E-state index contributed by atoms with van der Waals surface area (Å²) in [6.07, 6.45) is 5.94. The minimum absolute atomic E-state index is 0.113. The van der Waals surface area contributed by atoms with Crippen LogP contribution >= 0.6 is 27.3 Å². The van der Waals surface area contributed by atoms with E-state index < -0.39 is 17.7 Å². The fraction of sp³-hybridized carbons (Fsp3) is 0.273. The lowest BCUT2D eigenvalue weighted by molar-refractivity contribution is -0.129. The number of ketones is 1. The molecule has 1 aliphatic rings. The normalized spacial score (nSPS) is 16.4. The molecule has 1 atom stereocenters. The quantitative estimate of drug-likeness (QED) is 0.486. The molecule has 1 aromatic carbocycles. The largest absolute Gasteiger partial charge is 0.503 e. The summed E-state index contributed by atoms with van der Waals surface area (Å²) in [7, 11) is 0. The number of amides is 1. The van der Waals surface area contributed by atoms with Crippen molar-refractivity contribution in [3.05, 3.63) is 79.9 Å². The first-order valence-electron chi connectivity index (χ1n) is 9.81. The lowest BCUT2D eigenvalue weighted by Gasteiger charge is -2.27. The second kappa shape index (κ2) is 8.76. The van der Waals surface area contributed by atoms with Crippen molar-refractivity contribution >= 4 is 39.0 Å². The molecule has 0 bridgehead atoms. The predicted octanol–water partition coefficient (Wildman–Crippen LogP) is 4.39. The number of aliphatic hydroxyl groups excluding tert-OH is 1. The van der Waals surface area contributed by atoms with Crippen LogP contribution in [0, 0.1) is 13.8 Å². The van der Waals surface area contributed by atoms with Crippen LogP contribution in [-0.2, 0) is 11.3 Å². The van der Waals surface area contributed by atoms with Crippen molar-refractivity contribution in [2.45, 2.75) is 32.9 Å². The Labute approximate surface area is 192 Å². The number of aryl methyl sites for hydroxylation is 3. The minimum atomic E-state index is -0.655. The zero-order valence-corrected chi connectivity index (χ0v) is 19.5. The summed E-state index contributed by atoms with van der Waals surface area (Å²) in [5, 5.41) is 11.5. The maximum atomic E-state index is 13.4. The Morgan fingerprint density at radius 3 is 2.58 bits per heavy atom. The molecule has 1 aliphatic heterocycles. The first kappa shape index (κ1) is 21.5. The molecule has 0 saturated carbocycles. The van der Waals surface area contributed by atoms with Crippen molar-refractivity contribution < 1.29 is 14.7 Å². The molecule has 9 heteroatoms. The third kappa shape index (κ3) is 4.20. The Hall–Kier alpha value is -2.78. The highest BCUT2D eigenvalue weighted by molar-refractivity contribution is 9.10. The number of halogens is 1. The molecule has 3 aromatic rings. The van der Waals surface area contributed by atoms with Crippen LogP contribution in [0.2, 0.25) is 0 Å². The molecule has 2 aromatic heterocycles. The summed E-state index contributed by atoms with van der Waals surface area (Å²) in [6, 6.07) is 6.80. The lowest BCUT2D eigenvalue weighted by Crippen LogP contribution is -2.32. The third-order valence-electron chi connectivity index (χ3n) is 5.22. The van der Waals surface area contributed by atoms with Gasteiger partial charge in [0.2, 0.25) is 5.78 Å². The molecule has 160 valence electrons. The SMILES string of the molecule is Cc1nc(C)c(C(=O)C2=C(O)C(=O)N(CCCn3ccnc3)C2c2ccc(Br)cc2)s1. The molecule has 0 spiro atoms. The monoisotopic (exact) mass is 500 g/mol. The number of imidazole rings is 1. The molecular formula is C22H21BrN4O3S. The van der Waals surface area contributed by atoms with Gasteiger partial charge in [-0.2, -0.15) is 0 Å². The van der Waals surface area contributed by atoms with Gasteiger partial charge in [-0.25, -0.2) is 9.97 Å². The summed E-state index contributed by atoms with van der Waals surface area (Å²) in [6.45, 7) is 4.66. The van der Waals surface area contributed by atoms with E-state index in [1.54, 1.807) is 24.3 Å². The van der Waals surface area contributed by atoms with Crippen LogP contribution in [0.25, 0.3) is 0 Å². The van der Waals surface area contributed by atoms with Crippen LogP contribution in [0.1, 0.15) is 38.4 Å². The lowest BCUT2D eigenvalue weighted by atomic mass is 9.95. The number of aliphatic hydroxyl groups is 1. The molecule has 0 aliphatic carbocycles. The van der Waals surface area contributed by atoms with Crippen molar-refractivity contribution in [1.29, 1.82) is 0 Å². The van der Waals surface area contributed by atoms with E-state index in [-0.39, 0.29) is 11.4 Å². The number of Topliss-reactive ketones (excluding diaryl/α,β-unsaturated/α-hetero) is 1. The van der Waals surface area contributed by atoms with Gasteiger partial charge >= 0.3 is 0 Å². The first-order valence-corrected chi connectivity index (χ1v) is 11.4. The first-order chi connectivity index (χ1) is 14.9. The highest BCUT2D eigenvalue weighted by Crippen LogP contribution is 2.40. The van der Waals surface area contributed by atoms with Crippen LogP contribution in [0.15, 0.2) is 58.8 Å². The van der Waals surface area contributed by atoms with Gasteiger partial charge in [0.05, 0.1) is 33.5 Å². The van der Waals surface area contributed by atoms with Crippen LogP contribution in [0.5, 0.6) is 0 Å². The number of carbonyl (C=O) groups excluding carboxylic acids is 2. The molecule has 3 heterocycles. The summed E-state index contributed by atoms with van der Waals surface area (Å²) in [4.78, 5) is 36.8. The Kier molecular flexibility index (Phi) is 6.06. The second-order valence-corrected chi connectivity index (χ2v) is 9.46. The number of aromatic nitrogens is 3. The average Bonchev–Trinajstić information content (AvgIpc) is 3.43. The summed E-state index contributed by atoms with van der Waals surface area (Å²) in [5.41, 5.74) is 1.49. The van der Waals surface area contributed by atoms with Crippen LogP contribution in [0.4, 0.5) is 0 Å². The number of benzene rings is 1. The fourth-order valence-electron chi connectivity index (χ4n) is 3.81. The average molecular weight is 501 g/mol. The number of hydrogen-bond donors (Lipinski definition) is 1. The van der Waals surface area contributed by atoms with E-state index in [9.17, 15) is 14.7 Å². The molecule has 0 radical (unpaired) electrons. The molecule has 1 unspecified atom stereocenters. The highest BCUT2D eigenvalue weighted by Gasteiger charge is 2.44. The van der Waals surface area contributed by atoms with Gasteiger partial charge in [0.25, 0.3) is 5.91 Å². The van der Waals surface area contributed by atoms with Gasteiger partial charge in [-0.3, -0.25) is 9.59 Å². The van der Waals surface area contributed by atoms with Gasteiger partial charge in [0.15, 0.2) is 5.76 Å². The minimum Gasteiger partial charge on any atom is -0.503 e. The summed E-state index contributed by atoms with van der Waals surface area (Å²) < 4.78 is 2.82. The molecule has 1 amide bonds. The molecule has 7 nitrogen and oxygen atoms in total. The Balaban J connectivity index is 1.69. The Bertz CT molecular complexity index is 1150. The van der Waals surface area contributed by atoms with Gasteiger partial charge in [-0.1, -0.05) is 28.1 Å². The molecular weight excluding hydrogens is 480 g/mol. The van der Waals surface area contributed by atoms with Crippen molar-refractivity contribution in [3.8, 4) is 0 Å². The topological polar surface area (TPSA) is 88.3 Å². The molecule has 4 rings (SSSR count). The number of rotatable bonds is 7. The number of nitrogens with zero attached hydrogens (tertiary/aromatic N) is 4. The van der Waals surface area contributed by atoms with Gasteiger partial charge < -0.3 is 14.6 Å². The van der Waals surface area contributed by atoms with Gasteiger partial charge in [0.1, 0.15) is 0 Å². The van der Waals surface area contributed by atoms with Gasteiger partial charge in [-0.05, 0) is 38.0 Å². The smallest absolute Gasteiger partial charge is 0.290 e. The fourth-order valence-corrected chi connectivity index (χ4v) is 4.95. The van der Waals surface area contributed by atoms with E-state index in [1.165, 1.54) is 11.3 Å². The standard InChI is InChI=1S/C22H21BrN4O3S/c1-13-21(31-14(2)25-13)19(28)17-18(15-4-6-16(23)7-5-15)27(22(30)20(17)29)10-3-9-26-11-8-24-12-26/h4-8,11-12,18,29H,3,9-10H2,1-2H3. The van der Waals surface area contributed by atoms with E-state index >= 15 is 0 Å². The second-order valence-electron chi connectivity index (χ2n) is 7.35. The number of thiazole rings is 1. The number of carbonyl (C=O) groups is 2. The van der Waals surface area contributed by atoms with Crippen molar-refractivity contribution in [2.75, 3.05) is 6.54 Å². The van der Waals surface area contributed by atoms with Crippen LogP contribution in [0.3, 0.4) is 0 Å². The van der Waals surface area contributed by atoms with E-state index in [0.717, 1.165) is 15.0 Å². The molecule has 1 N–H and O–H groups in total. The van der Waals surface area contributed by atoms with Crippen molar-refractivity contribution in [1.82, 2.24) is 19.4 Å². The molecule has 0 saturated heterocycles.